The first-order valence-corrected chi connectivity index (χ1v) is 9.39. The van der Waals surface area contributed by atoms with Gasteiger partial charge in [0.05, 0.1) is 22.8 Å². The van der Waals surface area contributed by atoms with E-state index in [4.69, 9.17) is 11.6 Å². The van der Waals surface area contributed by atoms with Gasteiger partial charge in [-0.3, -0.25) is 4.79 Å². The highest BCUT2D eigenvalue weighted by Crippen LogP contribution is 2.34. The molecular weight excluding hydrogens is 324 g/mol. The Morgan fingerprint density at radius 3 is 2.86 bits per heavy atom. The second-order valence-corrected chi connectivity index (χ2v) is 8.24. The van der Waals surface area contributed by atoms with E-state index in [9.17, 15) is 13.2 Å². The zero-order valence-corrected chi connectivity index (χ0v) is 13.7. The van der Waals surface area contributed by atoms with Gasteiger partial charge in [-0.15, -0.1) is 0 Å². The number of hydrogen-bond acceptors (Lipinski definition) is 4. The number of anilines is 1. The number of benzene rings is 1. The van der Waals surface area contributed by atoms with Crippen LogP contribution in [0.2, 0.25) is 5.02 Å². The van der Waals surface area contributed by atoms with Crippen molar-refractivity contribution >= 4 is 38.6 Å². The second-order valence-electron chi connectivity index (χ2n) is 5.57. The maximum absolute atomic E-state index is 12.2. The number of rotatable bonds is 3. The Bertz CT molecular complexity index is 758. The summed E-state index contributed by atoms with van der Waals surface area (Å²) in [5, 5.41) is 3.35. The summed E-state index contributed by atoms with van der Waals surface area (Å²) in [6.07, 6.45) is 2.38. The molecule has 0 bridgehead atoms. The number of carbonyl (C=O) groups is 1. The van der Waals surface area contributed by atoms with Crippen LogP contribution in [0.15, 0.2) is 24.4 Å². The minimum atomic E-state index is -2.95. The fourth-order valence-electron chi connectivity index (χ4n) is 2.95. The summed E-state index contributed by atoms with van der Waals surface area (Å²) >= 11 is 5.94. The van der Waals surface area contributed by atoms with Crippen LogP contribution in [0.25, 0.3) is 5.57 Å². The van der Waals surface area contributed by atoms with Crippen molar-refractivity contribution in [3.63, 3.8) is 0 Å². The lowest BCUT2D eigenvalue weighted by Crippen LogP contribution is -2.32. The lowest BCUT2D eigenvalue weighted by molar-refractivity contribution is -0.110. The zero-order valence-electron chi connectivity index (χ0n) is 12.2. The highest BCUT2D eigenvalue weighted by atomic mass is 35.5. The van der Waals surface area contributed by atoms with Crippen LogP contribution in [-0.4, -0.2) is 43.3 Å². The molecule has 1 atom stereocenters. The van der Waals surface area contributed by atoms with Crippen molar-refractivity contribution in [3.05, 3.63) is 35.0 Å². The van der Waals surface area contributed by atoms with Crippen LogP contribution in [-0.2, 0) is 14.6 Å². The molecule has 1 aromatic rings. The Balaban J connectivity index is 1.92. The number of hydrogen-bond donors (Lipinski definition) is 1. The van der Waals surface area contributed by atoms with Crippen LogP contribution >= 0.6 is 11.6 Å². The van der Waals surface area contributed by atoms with Gasteiger partial charge in [-0.1, -0.05) is 17.7 Å². The Kier molecular flexibility index (Phi) is 3.91. The molecule has 1 unspecified atom stereocenters. The highest BCUT2D eigenvalue weighted by molar-refractivity contribution is 7.91. The van der Waals surface area contributed by atoms with Gasteiger partial charge >= 0.3 is 0 Å². The first kappa shape index (κ1) is 15.4. The number of halogens is 1. The second kappa shape index (κ2) is 5.59. The van der Waals surface area contributed by atoms with Gasteiger partial charge in [-0.25, -0.2) is 8.42 Å². The Morgan fingerprint density at radius 2 is 2.23 bits per heavy atom. The van der Waals surface area contributed by atoms with Crippen molar-refractivity contribution in [1.82, 2.24) is 4.90 Å². The molecule has 2 aliphatic rings. The number of nitrogens with zero attached hydrogens (tertiary/aromatic N) is 1. The summed E-state index contributed by atoms with van der Waals surface area (Å²) in [4.78, 5) is 14.1. The highest BCUT2D eigenvalue weighted by Gasteiger charge is 2.32. The van der Waals surface area contributed by atoms with E-state index in [2.05, 4.69) is 5.32 Å². The van der Waals surface area contributed by atoms with E-state index in [-0.39, 0.29) is 23.5 Å². The van der Waals surface area contributed by atoms with Crippen LogP contribution in [0.3, 0.4) is 0 Å². The van der Waals surface area contributed by atoms with Gasteiger partial charge in [0.2, 0.25) is 0 Å². The number of carbonyl (C=O) groups excluding carboxylic acids is 1. The zero-order chi connectivity index (χ0) is 15.9. The minimum Gasteiger partial charge on any atom is -0.373 e. The van der Waals surface area contributed by atoms with Crippen molar-refractivity contribution in [2.45, 2.75) is 19.4 Å². The quantitative estimate of drug-likeness (QED) is 0.856. The van der Waals surface area contributed by atoms with Crippen molar-refractivity contribution < 1.29 is 13.2 Å². The van der Waals surface area contributed by atoms with Crippen molar-refractivity contribution in [3.8, 4) is 0 Å². The molecule has 1 fully saturated rings. The molecule has 5 nitrogen and oxygen atoms in total. The van der Waals surface area contributed by atoms with Crippen LogP contribution in [0.4, 0.5) is 5.69 Å². The van der Waals surface area contributed by atoms with Crippen LogP contribution in [0.5, 0.6) is 0 Å². The Labute approximate surface area is 134 Å². The molecule has 0 spiro atoms. The van der Waals surface area contributed by atoms with E-state index < -0.39 is 9.84 Å². The molecule has 7 heteroatoms. The molecule has 0 radical (unpaired) electrons. The molecule has 1 N–H and O–H groups in total. The van der Waals surface area contributed by atoms with Gasteiger partial charge in [0.1, 0.15) is 0 Å². The molecular formula is C15H17ClN2O3S. The Hall–Kier alpha value is -1.53. The van der Waals surface area contributed by atoms with Crippen LogP contribution < -0.4 is 5.32 Å². The summed E-state index contributed by atoms with van der Waals surface area (Å²) in [6.45, 7) is 2.61. The first-order chi connectivity index (χ1) is 10.4. The van der Waals surface area contributed by atoms with Crippen LogP contribution in [0, 0.1) is 0 Å². The molecule has 0 aromatic heterocycles. The Morgan fingerprint density at radius 1 is 1.45 bits per heavy atom. The van der Waals surface area contributed by atoms with Crippen molar-refractivity contribution in [2.24, 2.45) is 0 Å². The molecule has 0 aliphatic carbocycles. The number of sulfone groups is 1. The molecule has 22 heavy (non-hydrogen) atoms. The summed E-state index contributed by atoms with van der Waals surface area (Å²) in [7, 11) is -2.95. The maximum atomic E-state index is 12.2. The predicted octanol–water partition coefficient (Wildman–Crippen LogP) is 2.14. The standard InChI is InChI=1S/C15H17ClN2O3S/c1-2-18(11-5-6-22(20,21)9-11)8-13-12-4-3-10(16)7-14(12)17-15(13)19/h3-4,7-8,11H,2,5-6,9H2,1H3,(H,17,19)/b13-8+. The molecule has 1 saturated heterocycles. The smallest absolute Gasteiger partial charge is 0.257 e. The topological polar surface area (TPSA) is 66.5 Å². The van der Waals surface area contributed by atoms with E-state index in [1.54, 1.807) is 24.4 Å². The van der Waals surface area contributed by atoms with E-state index in [0.717, 1.165) is 5.56 Å². The van der Waals surface area contributed by atoms with Gasteiger partial charge in [0, 0.05) is 29.4 Å². The lowest BCUT2D eigenvalue weighted by atomic mass is 10.1. The first-order valence-electron chi connectivity index (χ1n) is 7.19. The average molecular weight is 341 g/mol. The van der Waals surface area contributed by atoms with Crippen molar-refractivity contribution in [2.75, 3.05) is 23.4 Å². The van der Waals surface area contributed by atoms with E-state index in [0.29, 0.717) is 29.2 Å². The SMILES string of the molecule is CCN(/C=C1/C(=O)Nc2cc(Cl)ccc21)C1CCS(=O)(=O)C1. The fourth-order valence-corrected chi connectivity index (χ4v) is 4.87. The average Bonchev–Trinajstić information content (AvgIpc) is 2.95. The van der Waals surface area contributed by atoms with E-state index in [1.165, 1.54) is 0 Å². The summed E-state index contributed by atoms with van der Waals surface area (Å²) in [6, 6.07) is 5.20. The minimum absolute atomic E-state index is 0.0633. The number of amides is 1. The third kappa shape index (κ3) is 2.85. The molecule has 3 rings (SSSR count). The van der Waals surface area contributed by atoms with Gasteiger partial charge in [0.25, 0.3) is 5.91 Å². The maximum Gasteiger partial charge on any atom is 0.257 e. The van der Waals surface area contributed by atoms with E-state index in [1.807, 2.05) is 11.8 Å². The molecule has 0 saturated carbocycles. The summed E-state index contributed by atoms with van der Waals surface area (Å²) in [5.74, 6) is 0.187. The summed E-state index contributed by atoms with van der Waals surface area (Å²) < 4.78 is 23.3. The number of fused-ring (bicyclic) bond motifs is 1. The number of nitrogens with one attached hydrogen (secondary N) is 1. The van der Waals surface area contributed by atoms with Gasteiger partial charge in [-0.2, -0.15) is 0 Å². The molecule has 2 aliphatic heterocycles. The monoisotopic (exact) mass is 340 g/mol. The third-order valence-corrected chi connectivity index (χ3v) is 6.09. The largest absolute Gasteiger partial charge is 0.373 e. The van der Waals surface area contributed by atoms with Gasteiger partial charge in [-0.05, 0) is 25.5 Å². The molecule has 118 valence electrons. The van der Waals surface area contributed by atoms with Crippen LogP contribution in [0.1, 0.15) is 18.9 Å². The molecule has 2 heterocycles. The van der Waals surface area contributed by atoms with Gasteiger partial charge < -0.3 is 10.2 Å². The normalized spacial score (nSPS) is 24.4. The molecule has 1 amide bonds. The fraction of sp³-hybridized carbons (Fsp3) is 0.400. The van der Waals surface area contributed by atoms with Crippen molar-refractivity contribution in [1.29, 1.82) is 0 Å². The van der Waals surface area contributed by atoms with Gasteiger partial charge in [0.15, 0.2) is 9.84 Å². The lowest BCUT2D eigenvalue weighted by Gasteiger charge is -2.25. The summed E-state index contributed by atoms with van der Waals surface area (Å²) in [5.41, 5.74) is 2.05. The predicted molar refractivity (Wildman–Crippen MR) is 87.5 cm³/mol. The van der Waals surface area contributed by atoms with E-state index >= 15 is 0 Å². The third-order valence-electron chi connectivity index (χ3n) is 4.10. The molecule has 1 aromatic carbocycles.